The second-order valence-corrected chi connectivity index (χ2v) is 5.87. The molecule has 106 valence electrons. The van der Waals surface area contributed by atoms with Crippen LogP contribution in [0.1, 0.15) is 20.7 Å². The lowest BCUT2D eigenvalue weighted by molar-refractivity contribution is 0.0988. The van der Waals surface area contributed by atoms with E-state index >= 15 is 0 Å². The van der Waals surface area contributed by atoms with Crippen LogP contribution in [0.5, 0.6) is 11.5 Å². The summed E-state index contributed by atoms with van der Waals surface area (Å²) in [6.07, 6.45) is 3.70. The van der Waals surface area contributed by atoms with Gasteiger partial charge in [0.1, 0.15) is 0 Å². The van der Waals surface area contributed by atoms with Crippen molar-refractivity contribution in [3.05, 3.63) is 33.1 Å². The van der Waals surface area contributed by atoms with E-state index in [1.165, 1.54) is 37.7 Å². The largest absolute Gasteiger partial charge is 0.493 e. The normalized spacial score (nSPS) is 13.5. The second-order valence-electron chi connectivity index (χ2n) is 3.98. The Morgan fingerprint density at radius 2 is 1.30 bits per heavy atom. The minimum Gasteiger partial charge on any atom is -0.493 e. The molecular weight excluding hydrogens is 296 g/mol. The summed E-state index contributed by atoms with van der Waals surface area (Å²) >= 11 is 2.81. The molecule has 0 saturated carbocycles. The summed E-state index contributed by atoms with van der Waals surface area (Å²) in [6, 6.07) is 3.14. The zero-order chi connectivity index (χ0) is 14.9. The molecule has 0 heterocycles. The molecule has 0 N–H and O–H groups in total. The molecule has 1 aromatic rings. The van der Waals surface area contributed by atoms with Gasteiger partial charge in [0.25, 0.3) is 0 Å². The lowest BCUT2D eigenvalue weighted by Gasteiger charge is -2.08. The van der Waals surface area contributed by atoms with Gasteiger partial charge in [-0.3, -0.25) is 9.59 Å². The first-order valence-electron chi connectivity index (χ1n) is 5.76. The molecule has 4 nitrogen and oxygen atoms in total. The van der Waals surface area contributed by atoms with E-state index < -0.39 is 0 Å². The van der Waals surface area contributed by atoms with Crippen LogP contribution in [-0.4, -0.2) is 38.3 Å². The van der Waals surface area contributed by atoms with Gasteiger partial charge in [0.15, 0.2) is 23.1 Å². The van der Waals surface area contributed by atoms with Crippen molar-refractivity contribution in [1.82, 2.24) is 0 Å². The van der Waals surface area contributed by atoms with Crippen molar-refractivity contribution in [3.8, 4) is 11.5 Å². The zero-order valence-electron chi connectivity index (χ0n) is 11.6. The second kappa shape index (κ2) is 5.93. The Balaban J connectivity index is 2.66. The molecule has 0 unspecified atom stereocenters. The van der Waals surface area contributed by atoms with Gasteiger partial charge in [0.2, 0.25) is 0 Å². The standard InChI is InChI=1S/C14H14O4S2/c1-17-9-5-7-8(6-10(9)18-2)13(16)11(12(7)15)14(19-3)20-4/h5-6H,1-4H3. The number of fused-ring (bicyclic) bond motifs is 1. The molecule has 6 heteroatoms. The van der Waals surface area contributed by atoms with Crippen LogP contribution in [-0.2, 0) is 0 Å². The number of benzene rings is 1. The van der Waals surface area contributed by atoms with E-state index in [2.05, 4.69) is 0 Å². The minimum absolute atomic E-state index is 0.246. The molecule has 0 bridgehead atoms. The lowest BCUT2D eigenvalue weighted by atomic mass is 10.1. The van der Waals surface area contributed by atoms with Crippen molar-refractivity contribution in [2.45, 2.75) is 0 Å². The lowest BCUT2D eigenvalue weighted by Crippen LogP contribution is -2.02. The van der Waals surface area contributed by atoms with Crippen LogP contribution in [0, 0.1) is 0 Å². The summed E-state index contributed by atoms with van der Waals surface area (Å²) in [5.74, 6) is 0.404. The first-order chi connectivity index (χ1) is 9.58. The minimum atomic E-state index is -0.246. The van der Waals surface area contributed by atoms with Crippen LogP contribution < -0.4 is 9.47 Å². The third-order valence-electron chi connectivity index (χ3n) is 3.04. The molecule has 0 atom stereocenters. The predicted octanol–water partition coefficient (Wildman–Crippen LogP) is 3.02. The third-order valence-corrected chi connectivity index (χ3v) is 5.19. The van der Waals surface area contributed by atoms with Crippen LogP contribution in [0.25, 0.3) is 0 Å². The van der Waals surface area contributed by atoms with E-state index in [0.717, 1.165) is 4.24 Å². The average Bonchev–Trinajstić information content (AvgIpc) is 2.71. The van der Waals surface area contributed by atoms with Crippen LogP contribution in [0.3, 0.4) is 0 Å². The molecule has 0 aliphatic heterocycles. The maximum atomic E-state index is 12.4. The predicted molar refractivity (Wildman–Crippen MR) is 82.3 cm³/mol. The molecule has 0 fully saturated rings. The summed E-state index contributed by atoms with van der Waals surface area (Å²) in [5.41, 5.74) is 1.00. The molecule has 0 aromatic heterocycles. The van der Waals surface area contributed by atoms with Crippen LogP contribution in [0.15, 0.2) is 21.9 Å². The van der Waals surface area contributed by atoms with E-state index in [0.29, 0.717) is 22.6 Å². The number of hydrogen-bond acceptors (Lipinski definition) is 6. The molecule has 0 spiro atoms. The number of Topliss-reactive ketones (excluding diaryl/α,β-unsaturated/α-hetero) is 2. The van der Waals surface area contributed by atoms with Gasteiger partial charge in [-0.15, -0.1) is 23.5 Å². The Hall–Kier alpha value is -1.40. The van der Waals surface area contributed by atoms with Gasteiger partial charge in [-0.1, -0.05) is 0 Å². The highest BCUT2D eigenvalue weighted by Gasteiger charge is 2.36. The van der Waals surface area contributed by atoms with Gasteiger partial charge >= 0.3 is 0 Å². The molecule has 2 rings (SSSR count). The number of ketones is 2. The molecule has 20 heavy (non-hydrogen) atoms. The van der Waals surface area contributed by atoms with Crippen molar-refractivity contribution >= 4 is 35.1 Å². The summed E-state index contributed by atoms with van der Waals surface area (Å²) in [6.45, 7) is 0. The van der Waals surface area contributed by atoms with Gasteiger partial charge < -0.3 is 9.47 Å². The van der Waals surface area contributed by atoms with E-state index in [-0.39, 0.29) is 17.1 Å². The number of carbonyl (C=O) groups excluding carboxylic acids is 2. The fraction of sp³-hybridized carbons (Fsp3) is 0.286. The summed E-state index contributed by atoms with van der Waals surface area (Å²) < 4.78 is 11.1. The molecule has 0 amide bonds. The van der Waals surface area contributed by atoms with Gasteiger partial charge in [0.05, 0.1) is 24.0 Å². The van der Waals surface area contributed by atoms with Crippen LogP contribution >= 0.6 is 23.5 Å². The maximum absolute atomic E-state index is 12.4. The summed E-state index contributed by atoms with van der Waals surface area (Å²) in [7, 11) is 2.99. The molecule has 1 aliphatic rings. The Labute approximate surface area is 125 Å². The number of carbonyl (C=O) groups is 2. The first kappa shape index (κ1) is 15.0. The number of ether oxygens (including phenoxy) is 2. The number of thioether (sulfide) groups is 2. The monoisotopic (exact) mass is 310 g/mol. The maximum Gasteiger partial charge on any atom is 0.199 e. The van der Waals surface area contributed by atoms with Crippen LogP contribution in [0.4, 0.5) is 0 Å². The number of allylic oxidation sites excluding steroid dienone is 1. The number of methoxy groups -OCH3 is 2. The Kier molecular flexibility index (Phi) is 4.45. The van der Waals surface area contributed by atoms with Crippen molar-refractivity contribution in [1.29, 1.82) is 0 Å². The van der Waals surface area contributed by atoms with Gasteiger partial charge in [-0.05, 0) is 24.6 Å². The highest BCUT2D eigenvalue weighted by molar-refractivity contribution is 8.21. The van der Waals surface area contributed by atoms with E-state index in [1.54, 1.807) is 12.1 Å². The van der Waals surface area contributed by atoms with Crippen molar-refractivity contribution in [3.63, 3.8) is 0 Å². The Morgan fingerprint density at radius 1 is 0.900 bits per heavy atom. The van der Waals surface area contributed by atoms with Crippen molar-refractivity contribution in [2.75, 3.05) is 26.7 Å². The highest BCUT2D eigenvalue weighted by atomic mass is 32.2. The molecule has 1 aliphatic carbocycles. The van der Waals surface area contributed by atoms with Gasteiger partial charge in [-0.2, -0.15) is 0 Å². The molecular formula is C14H14O4S2. The smallest absolute Gasteiger partial charge is 0.199 e. The van der Waals surface area contributed by atoms with Crippen molar-refractivity contribution < 1.29 is 19.1 Å². The number of rotatable bonds is 4. The van der Waals surface area contributed by atoms with E-state index in [9.17, 15) is 9.59 Å². The Morgan fingerprint density at radius 3 is 1.60 bits per heavy atom. The van der Waals surface area contributed by atoms with E-state index in [1.807, 2.05) is 12.5 Å². The average molecular weight is 310 g/mol. The highest BCUT2D eigenvalue weighted by Crippen LogP contribution is 2.40. The fourth-order valence-corrected chi connectivity index (χ4v) is 3.55. The van der Waals surface area contributed by atoms with Crippen LogP contribution in [0.2, 0.25) is 0 Å². The SMILES string of the molecule is COc1cc2c(cc1OC)C(=O)C(=C(SC)SC)C2=O. The van der Waals surface area contributed by atoms with Gasteiger partial charge in [-0.25, -0.2) is 0 Å². The third kappa shape index (κ3) is 2.23. The molecule has 1 aromatic carbocycles. The zero-order valence-corrected chi connectivity index (χ0v) is 13.2. The molecule has 0 saturated heterocycles. The first-order valence-corrected chi connectivity index (χ1v) is 8.21. The van der Waals surface area contributed by atoms with E-state index in [4.69, 9.17) is 9.47 Å². The summed E-state index contributed by atoms with van der Waals surface area (Å²) in [5, 5.41) is 0. The summed E-state index contributed by atoms with van der Waals surface area (Å²) in [4.78, 5) is 24.9. The van der Waals surface area contributed by atoms with Gasteiger partial charge in [0, 0.05) is 11.1 Å². The topological polar surface area (TPSA) is 52.6 Å². The fourth-order valence-electron chi connectivity index (χ4n) is 2.10. The number of hydrogen-bond donors (Lipinski definition) is 0. The van der Waals surface area contributed by atoms with Crippen molar-refractivity contribution in [2.24, 2.45) is 0 Å². The Bertz CT molecular complexity index is 569. The quantitative estimate of drug-likeness (QED) is 0.629. The molecule has 0 radical (unpaired) electrons.